The summed E-state index contributed by atoms with van der Waals surface area (Å²) in [5.74, 6) is 1.70. The molecule has 1 aromatic carbocycles. The Morgan fingerprint density at radius 3 is 2.69 bits per heavy atom. The first-order valence-electron chi connectivity index (χ1n) is 11.2. The number of halogens is 1. The number of rotatable bonds is 8. The van der Waals surface area contributed by atoms with E-state index < -0.39 is 0 Å². The fourth-order valence-corrected chi connectivity index (χ4v) is 4.56. The van der Waals surface area contributed by atoms with E-state index in [0.29, 0.717) is 18.0 Å². The Balaban J connectivity index is 0.00000300. The van der Waals surface area contributed by atoms with Crippen molar-refractivity contribution in [1.82, 2.24) is 20.4 Å². The standard InChI is InChI=1S/C23H39N5.HI/c1-4-12-27-13-11-21(16-27)15-25-23(24-5-2)26-22-14-19(3)28(18-22)17-20-9-7-6-8-10-20;/h6-10,19,21-22H,4-5,11-18H2,1-3H3,(H2,24,25,26);1H. The van der Waals surface area contributed by atoms with E-state index in [0.717, 1.165) is 32.1 Å². The third-order valence-corrected chi connectivity index (χ3v) is 6.03. The van der Waals surface area contributed by atoms with Gasteiger partial charge in [-0.1, -0.05) is 37.3 Å². The van der Waals surface area contributed by atoms with Crippen molar-refractivity contribution in [2.24, 2.45) is 10.9 Å². The van der Waals surface area contributed by atoms with Crippen molar-refractivity contribution in [2.75, 3.05) is 39.3 Å². The summed E-state index contributed by atoms with van der Waals surface area (Å²) in [7, 11) is 0. The molecule has 0 spiro atoms. The van der Waals surface area contributed by atoms with Gasteiger partial charge in [0.15, 0.2) is 5.96 Å². The molecule has 0 aromatic heterocycles. The summed E-state index contributed by atoms with van der Waals surface area (Å²) < 4.78 is 0. The van der Waals surface area contributed by atoms with Gasteiger partial charge in [0.25, 0.3) is 0 Å². The third-order valence-electron chi connectivity index (χ3n) is 6.03. The van der Waals surface area contributed by atoms with Crippen molar-refractivity contribution in [3.05, 3.63) is 35.9 Å². The maximum atomic E-state index is 4.94. The summed E-state index contributed by atoms with van der Waals surface area (Å²) in [6.45, 7) is 14.4. The lowest BCUT2D eigenvalue weighted by atomic mass is 10.1. The molecule has 3 atom stereocenters. The topological polar surface area (TPSA) is 42.9 Å². The number of guanidine groups is 1. The zero-order chi connectivity index (χ0) is 19.8. The summed E-state index contributed by atoms with van der Waals surface area (Å²) in [4.78, 5) is 10.1. The molecule has 2 N–H and O–H groups in total. The highest BCUT2D eigenvalue weighted by molar-refractivity contribution is 14.0. The molecule has 2 aliphatic rings. The highest BCUT2D eigenvalue weighted by atomic mass is 127. The Morgan fingerprint density at radius 1 is 1.17 bits per heavy atom. The highest BCUT2D eigenvalue weighted by Crippen LogP contribution is 2.20. The molecule has 164 valence electrons. The zero-order valence-electron chi connectivity index (χ0n) is 18.4. The van der Waals surface area contributed by atoms with Crippen LogP contribution < -0.4 is 10.6 Å². The fourth-order valence-electron chi connectivity index (χ4n) is 4.56. The van der Waals surface area contributed by atoms with Crippen LogP contribution in [0.4, 0.5) is 0 Å². The minimum atomic E-state index is 0. The summed E-state index contributed by atoms with van der Waals surface area (Å²) in [5, 5.41) is 7.16. The Kier molecular flexibility index (Phi) is 10.7. The van der Waals surface area contributed by atoms with Gasteiger partial charge in [0, 0.05) is 44.8 Å². The lowest BCUT2D eigenvalue weighted by Gasteiger charge is -2.21. The van der Waals surface area contributed by atoms with Gasteiger partial charge in [-0.3, -0.25) is 9.89 Å². The molecule has 6 heteroatoms. The van der Waals surface area contributed by atoms with E-state index >= 15 is 0 Å². The average molecular weight is 514 g/mol. The molecule has 1 aromatic rings. The molecular formula is C23H40IN5. The van der Waals surface area contributed by atoms with Gasteiger partial charge in [0.2, 0.25) is 0 Å². The quantitative estimate of drug-likeness (QED) is 0.317. The van der Waals surface area contributed by atoms with E-state index in [-0.39, 0.29) is 24.0 Å². The van der Waals surface area contributed by atoms with Crippen LogP contribution in [0.25, 0.3) is 0 Å². The van der Waals surface area contributed by atoms with E-state index in [1.54, 1.807) is 0 Å². The van der Waals surface area contributed by atoms with Crippen molar-refractivity contribution in [2.45, 2.75) is 58.7 Å². The third kappa shape index (κ3) is 7.72. The largest absolute Gasteiger partial charge is 0.357 e. The van der Waals surface area contributed by atoms with Gasteiger partial charge in [-0.05, 0) is 57.7 Å². The number of aliphatic imine (C=N–C) groups is 1. The SMILES string of the molecule is CCCN1CCC(CN=C(NCC)NC2CC(C)N(Cc3ccccc3)C2)C1.I. The second kappa shape index (κ2) is 12.7. The Labute approximate surface area is 194 Å². The first-order chi connectivity index (χ1) is 13.7. The molecule has 3 unspecified atom stereocenters. The number of nitrogens with one attached hydrogen (secondary N) is 2. The molecular weight excluding hydrogens is 473 g/mol. The molecule has 29 heavy (non-hydrogen) atoms. The second-order valence-electron chi connectivity index (χ2n) is 8.52. The lowest BCUT2D eigenvalue weighted by Crippen LogP contribution is -2.44. The monoisotopic (exact) mass is 513 g/mol. The van der Waals surface area contributed by atoms with Gasteiger partial charge in [0.05, 0.1) is 0 Å². The van der Waals surface area contributed by atoms with Crippen molar-refractivity contribution in [3.63, 3.8) is 0 Å². The molecule has 5 nitrogen and oxygen atoms in total. The predicted octanol–water partition coefficient (Wildman–Crippen LogP) is 3.55. The van der Waals surface area contributed by atoms with Gasteiger partial charge < -0.3 is 15.5 Å². The Morgan fingerprint density at radius 2 is 1.97 bits per heavy atom. The highest BCUT2D eigenvalue weighted by Gasteiger charge is 2.29. The number of likely N-dealkylation sites (tertiary alicyclic amines) is 2. The number of hydrogen-bond acceptors (Lipinski definition) is 3. The average Bonchev–Trinajstić information content (AvgIpc) is 3.28. The van der Waals surface area contributed by atoms with Gasteiger partial charge in [-0.25, -0.2) is 0 Å². The minimum absolute atomic E-state index is 0. The molecule has 0 saturated carbocycles. The number of nitrogens with zero attached hydrogens (tertiary/aromatic N) is 3. The van der Waals surface area contributed by atoms with Crippen molar-refractivity contribution in [3.8, 4) is 0 Å². The van der Waals surface area contributed by atoms with Gasteiger partial charge in [0.1, 0.15) is 0 Å². The van der Waals surface area contributed by atoms with Crippen LogP contribution in [0.3, 0.4) is 0 Å². The molecule has 3 rings (SSSR count). The van der Waals surface area contributed by atoms with Crippen LogP contribution in [0.1, 0.15) is 45.6 Å². The molecule has 0 aliphatic carbocycles. The summed E-state index contributed by atoms with van der Waals surface area (Å²) >= 11 is 0. The molecule has 0 amide bonds. The fraction of sp³-hybridized carbons (Fsp3) is 0.696. The van der Waals surface area contributed by atoms with Crippen molar-refractivity contribution >= 4 is 29.9 Å². The zero-order valence-corrected chi connectivity index (χ0v) is 20.8. The van der Waals surface area contributed by atoms with Crippen LogP contribution in [0, 0.1) is 5.92 Å². The molecule has 2 aliphatic heterocycles. The van der Waals surface area contributed by atoms with Crippen LogP contribution >= 0.6 is 24.0 Å². The van der Waals surface area contributed by atoms with E-state index in [2.05, 4.69) is 71.5 Å². The maximum absolute atomic E-state index is 4.94. The maximum Gasteiger partial charge on any atom is 0.191 e. The van der Waals surface area contributed by atoms with Crippen LogP contribution in [-0.4, -0.2) is 67.1 Å². The summed E-state index contributed by atoms with van der Waals surface area (Å²) in [6, 6.07) is 11.9. The normalized spacial score (nSPS) is 25.8. The molecule has 2 heterocycles. The Bertz CT molecular complexity index is 609. The van der Waals surface area contributed by atoms with Gasteiger partial charge in [-0.2, -0.15) is 0 Å². The Hall–Kier alpha value is -0.860. The van der Waals surface area contributed by atoms with Gasteiger partial charge >= 0.3 is 0 Å². The van der Waals surface area contributed by atoms with Crippen LogP contribution in [0.2, 0.25) is 0 Å². The lowest BCUT2D eigenvalue weighted by molar-refractivity contribution is 0.258. The van der Waals surface area contributed by atoms with E-state index in [9.17, 15) is 0 Å². The first-order valence-corrected chi connectivity index (χ1v) is 11.2. The predicted molar refractivity (Wildman–Crippen MR) is 134 cm³/mol. The number of hydrogen-bond donors (Lipinski definition) is 2. The number of benzene rings is 1. The summed E-state index contributed by atoms with van der Waals surface area (Å²) in [5.41, 5.74) is 1.40. The van der Waals surface area contributed by atoms with Crippen LogP contribution in [-0.2, 0) is 6.54 Å². The van der Waals surface area contributed by atoms with E-state index in [1.807, 2.05) is 0 Å². The van der Waals surface area contributed by atoms with Crippen LogP contribution in [0.15, 0.2) is 35.3 Å². The summed E-state index contributed by atoms with van der Waals surface area (Å²) in [6.07, 6.45) is 3.71. The smallest absolute Gasteiger partial charge is 0.191 e. The van der Waals surface area contributed by atoms with Crippen molar-refractivity contribution in [1.29, 1.82) is 0 Å². The van der Waals surface area contributed by atoms with Crippen LogP contribution in [0.5, 0.6) is 0 Å². The molecule has 0 bridgehead atoms. The molecule has 0 radical (unpaired) electrons. The molecule has 2 saturated heterocycles. The van der Waals surface area contributed by atoms with Crippen molar-refractivity contribution < 1.29 is 0 Å². The minimum Gasteiger partial charge on any atom is -0.357 e. The van der Waals surface area contributed by atoms with E-state index in [4.69, 9.17) is 4.99 Å². The van der Waals surface area contributed by atoms with E-state index in [1.165, 1.54) is 44.5 Å². The first kappa shape index (κ1) is 24.4. The van der Waals surface area contributed by atoms with Gasteiger partial charge in [-0.15, -0.1) is 24.0 Å². The molecule has 2 fully saturated rings. The second-order valence-corrected chi connectivity index (χ2v) is 8.52.